The summed E-state index contributed by atoms with van der Waals surface area (Å²) < 4.78 is 7.30. The average Bonchev–Trinajstić information content (AvgIpc) is 3.16. The molecular weight excluding hydrogens is 426 g/mol. The highest BCUT2D eigenvalue weighted by Gasteiger charge is 2.28. The quantitative estimate of drug-likeness (QED) is 0.296. The van der Waals surface area contributed by atoms with Gasteiger partial charge in [-0.15, -0.1) is 0 Å². The van der Waals surface area contributed by atoms with E-state index in [1.54, 1.807) is 65.3 Å². The molecule has 0 aliphatic heterocycles. The molecule has 1 atom stereocenters. The van der Waals surface area contributed by atoms with Gasteiger partial charge in [-0.3, -0.25) is 4.79 Å². The summed E-state index contributed by atoms with van der Waals surface area (Å²) in [6.07, 6.45) is -1.14. The topological polar surface area (TPSA) is 74.1 Å². The first kappa shape index (κ1) is 21.5. The van der Waals surface area contributed by atoms with Crippen LogP contribution in [0.1, 0.15) is 43.9 Å². The van der Waals surface area contributed by atoms with E-state index in [4.69, 9.17) is 16.3 Å². The number of hydrogen-bond acceptors (Lipinski definition) is 5. The third kappa shape index (κ3) is 4.45. The van der Waals surface area contributed by atoms with Crippen molar-refractivity contribution < 1.29 is 14.3 Å². The Morgan fingerprint density at radius 2 is 1.59 bits per heavy atom. The van der Waals surface area contributed by atoms with Gasteiger partial charge in [0.15, 0.2) is 17.6 Å². The number of ether oxygens (including phenoxy) is 1. The van der Waals surface area contributed by atoms with E-state index in [0.717, 1.165) is 11.4 Å². The molecule has 0 aliphatic carbocycles. The van der Waals surface area contributed by atoms with Gasteiger partial charge in [-0.1, -0.05) is 72.3 Å². The van der Waals surface area contributed by atoms with Crippen LogP contribution in [0.3, 0.4) is 0 Å². The van der Waals surface area contributed by atoms with Crippen LogP contribution in [0.2, 0.25) is 5.02 Å². The fourth-order valence-corrected chi connectivity index (χ4v) is 3.55. The number of aryl methyl sites for hydroxylation is 2. The molecule has 0 saturated heterocycles. The maximum atomic E-state index is 13.2. The molecule has 0 N–H and O–H groups in total. The smallest absolute Gasteiger partial charge is 0.359 e. The molecule has 4 rings (SSSR count). The van der Waals surface area contributed by atoms with Crippen molar-refractivity contribution in [1.82, 2.24) is 14.8 Å². The molecule has 1 unspecified atom stereocenters. The van der Waals surface area contributed by atoms with Crippen molar-refractivity contribution in [1.29, 1.82) is 0 Å². The van der Waals surface area contributed by atoms with Gasteiger partial charge in [0.1, 0.15) is 0 Å². The minimum absolute atomic E-state index is 0.0847. The molecule has 0 aliphatic rings. The Hall–Kier alpha value is -3.77. The fraction of sp³-hybridized carbons (Fsp3) is 0.120. The van der Waals surface area contributed by atoms with Gasteiger partial charge in [0.2, 0.25) is 5.78 Å². The second-order valence-electron chi connectivity index (χ2n) is 7.27. The highest BCUT2D eigenvalue weighted by Crippen LogP contribution is 2.26. The van der Waals surface area contributed by atoms with Crippen molar-refractivity contribution in [2.45, 2.75) is 20.0 Å². The summed E-state index contributed by atoms with van der Waals surface area (Å²) in [6, 6.07) is 22.7. The first-order valence-corrected chi connectivity index (χ1v) is 10.4. The third-order valence-corrected chi connectivity index (χ3v) is 5.18. The zero-order valence-electron chi connectivity index (χ0n) is 17.5. The SMILES string of the molecule is Cc1cc(C)n(-c2ccc(Cl)c(C(=O)OC(C(=O)c3ccccc3)c3ccccc3)n2)n1. The van der Waals surface area contributed by atoms with Crippen LogP contribution in [0.5, 0.6) is 0 Å². The highest BCUT2D eigenvalue weighted by atomic mass is 35.5. The lowest BCUT2D eigenvalue weighted by atomic mass is 10.00. The van der Waals surface area contributed by atoms with Crippen LogP contribution in [0.15, 0.2) is 78.9 Å². The second kappa shape index (κ2) is 9.16. The predicted octanol–water partition coefficient (Wildman–Crippen LogP) is 5.32. The van der Waals surface area contributed by atoms with Gasteiger partial charge < -0.3 is 4.74 Å². The molecule has 0 radical (unpaired) electrons. The van der Waals surface area contributed by atoms with Gasteiger partial charge in [0.05, 0.1) is 10.7 Å². The molecule has 0 fully saturated rings. The molecule has 160 valence electrons. The Bertz CT molecular complexity index is 1270. The van der Waals surface area contributed by atoms with E-state index < -0.39 is 12.1 Å². The Kier molecular flexibility index (Phi) is 6.14. The summed E-state index contributed by atoms with van der Waals surface area (Å²) >= 11 is 6.27. The number of esters is 1. The number of nitrogens with zero attached hydrogens (tertiary/aromatic N) is 3. The molecule has 32 heavy (non-hydrogen) atoms. The van der Waals surface area contributed by atoms with Crippen molar-refractivity contribution in [2.75, 3.05) is 0 Å². The molecular formula is C25H20ClN3O3. The van der Waals surface area contributed by atoms with Gasteiger partial charge in [-0.05, 0) is 32.0 Å². The lowest BCUT2D eigenvalue weighted by molar-refractivity contribution is 0.0274. The number of hydrogen-bond donors (Lipinski definition) is 0. The lowest BCUT2D eigenvalue weighted by Gasteiger charge is -2.18. The number of halogens is 1. The van der Waals surface area contributed by atoms with Crippen LogP contribution < -0.4 is 0 Å². The summed E-state index contributed by atoms with van der Waals surface area (Å²) in [7, 11) is 0. The van der Waals surface area contributed by atoms with Crippen molar-refractivity contribution in [3.05, 3.63) is 112 Å². The maximum Gasteiger partial charge on any atom is 0.359 e. The van der Waals surface area contributed by atoms with Crippen molar-refractivity contribution in [3.8, 4) is 5.82 Å². The highest BCUT2D eigenvalue weighted by molar-refractivity contribution is 6.33. The fourth-order valence-electron chi connectivity index (χ4n) is 3.37. The van der Waals surface area contributed by atoms with Gasteiger partial charge in [0, 0.05) is 16.8 Å². The number of rotatable bonds is 6. The van der Waals surface area contributed by atoms with Crippen molar-refractivity contribution in [3.63, 3.8) is 0 Å². The molecule has 0 bridgehead atoms. The molecule has 0 saturated carbocycles. The van der Waals surface area contributed by atoms with Crippen LogP contribution in [0, 0.1) is 13.8 Å². The molecule has 7 heteroatoms. The number of benzene rings is 2. The van der Waals surface area contributed by atoms with Gasteiger partial charge >= 0.3 is 5.97 Å². The number of carbonyl (C=O) groups excluding carboxylic acids is 2. The minimum Gasteiger partial charge on any atom is -0.444 e. The zero-order valence-corrected chi connectivity index (χ0v) is 18.3. The standard InChI is InChI=1S/C25H20ClN3O3/c1-16-15-17(2)29(28-16)21-14-13-20(26)22(27-21)25(31)32-24(19-11-7-4-8-12-19)23(30)18-9-5-3-6-10-18/h3-15,24H,1-2H3. The summed E-state index contributed by atoms with van der Waals surface area (Å²) in [5, 5.41) is 4.52. The van der Waals surface area contributed by atoms with Gasteiger partial charge in [-0.2, -0.15) is 5.10 Å². The molecule has 0 amide bonds. The summed E-state index contributed by atoms with van der Waals surface area (Å²) in [4.78, 5) is 30.7. The van der Waals surface area contributed by atoms with Gasteiger partial charge in [-0.25, -0.2) is 14.5 Å². The summed E-state index contributed by atoms with van der Waals surface area (Å²) in [6.45, 7) is 3.76. The number of Topliss-reactive ketones (excluding diaryl/α,β-unsaturated/α-hetero) is 1. The molecule has 2 aromatic carbocycles. The number of aromatic nitrogens is 3. The summed E-state index contributed by atoms with van der Waals surface area (Å²) in [5.74, 6) is -0.704. The van der Waals surface area contributed by atoms with E-state index in [1.807, 2.05) is 32.0 Å². The summed E-state index contributed by atoms with van der Waals surface area (Å²) in [5.41, 5.74) is 2.59. The number of pyridine rings is 1. The first-order chi connectivity index (χ1) is 15.4. The van der Waals surface area contributed by atoms with Crippen LogP contribution in [-0.2, 0) is 4.74 Å². The molecule has 2 heterocycles. The monoisotopic (exact) mass is 445 g/mol. The van der Waals surface area contributed by atoms with E-state index in [9.17, 15) is 9.59 Å². The lowest BCUT2D eigenvalue weighted by Crippen LogP contribution is -2.21. The van der Waals surface area contributed by atoms with Crippen LogP contribution >= 0.6 is 11.6 Å². The van der Waals surface area contributed by atoms with Crippen molar-refractivity contribution in [2.24, 2.45) is 0 Å². The normalized spacial score (nSPS) is 11.7. The average molecular weight is 446 g/mol. The Morgan fingerprint density at radius 1 is 0.938 bits per heavy atom. The minimum atomic E-state index is -1.14. The van der Waals surface area contributed by atoms with Crippen LogP contribution in [0.4, 0.5) is 0 Å². The van der Waals surface area contributed by atoms with E-state index in [-0.39, 0.29) is 16.5 Å². The Balaban J connectivity index is 1.69. The second-order valence-corrected chi connectivity index (χ2v) is 7.67. The number of carbonyl (C=O) groups is 2. The Labute approximate surface area is 190 Å². The maximum absolute atomic E-state index is 13.2. The third-order valence-electron chi connectivity index (χ3n) is 4.87. The van der Waals surface area contributed by atoms with E-state index in [0.29, 0.717) is 16.9 Å². The number of ketones is 1. The largest absolute Gasteiger partial charge is 0.444 e. The van der Waals surface area contributed by atoms with Crippen molar-refractivity contribution >= 4 is 23.4 Å². The molecule has 2 aromatic heterocycles. The van der Waals surface area contributed by atoms with E-state index >= 15 is 0 Å². The van der Waals surface area contributed by atoms with Gasteiger partial charge in [0.25, 0.3) is 0 Å². The van der Waals surface area contributed by atoms with Crippen LogP contribution in [0.25, 0.3) is 5.82 Å². The van der Waals surface area contributed by atoms with E-state index in [1.165, 1.54) is 0 Å². The van der Waals surface area contributed by atoms with Crippen LogP contribution in [-0.4, -0.2) is 26.5 Å². The first-order valence-electron chi connectivity index (χ1n) is 9.99. The molecule has 4 aromatic rings. The molecule has 0 spiro atoms. The van der Waals surface area contributed by atoms with E-state index in [2.05, 4.69) is 10.1 Å². The Morgan fingerprint density at radius 3 is 2.22 bits per heavy atom. The zero-order chi connectivity index (χ0) is 22.7. The predicted molar refractivity (Wildman–Crippen MR) is 121 cm³/mol. The molecule has 6 nitrogen and oxygen atoms in total.